The molecule has 1 aliphatic heterocycles. The third-order valence-electron chi connectivity index (χ3n) is 4.48. The van der Waals surface area contributed by atoms with E-state index in [1.54, 1.807) is 6.07 Å². The molecule has 0 saturated carbocycles. The van der Waals surface area contributed by atoms with Gasteiger partial charge in [-0.1, -0.05) is 22.9 Å². The van der Waals surface area contributed by atoms with E-state index < -0.39 is 11.7 Å². The van der Waals surface area contributed by atoms with E-state index in [-0.39, 0.29) is 6.04 Å². The molecule has 1 aromatic carbocycles. The molecule has 1 saturated heterocycles. The summed E-state index contributed by atoms with van der Waals surface area (Å²) in [4.78, 5) is 2.07. The van der Waals surface area contributed by atoms with Crippen LogP contribution in [0.4, 0.5) is 18.9 Å². The van der Waals surface area contributed by atoms with Gasteiger partial charge >= 0.3 is 6.18 Å². The summed E-state index contributed by atoms with van der Waals surface area (Å²) in [6.45, 7) is 4.97. The Balaban J connectivity index is 2.32. The lowest BCUT2D eigenvalue weighted by atomic mass is 9.86. The van der Waals surface area contributed by atoms with E-state index in [1.807, 2.05) is 7.05 Å². The highest BCUT2D eigenvalue weighted by atomic mass is 79.9. The first-order chi connectivity index (χ1) is 9.74. The first-order valence-electron chi connectivity index (χ1n) is 7.05. The molecule has 0 bridgehead atoms. The van der Waals surface area contributed by atoms with Crippen molar-refractivity contribution in [3.8, 4) is 0 Å². The highest BCUT2D eigenvalue weighted by Crippen LogP contribution is 2.36. The van der Waals surface area contributed by atoms with E-state index in [0.29, 0.717) is 22.1 Å². The Morgan fingerprint density at radius 2 is 1.90 bits per heavy atom. The molecule has 0 spiro atoms. The summed E-state index contributed by atoms with van der Waals surface area (Å²) in [6.07, 6.45) is -3.40. The third kappa shape index (κ3) is 3.54. The number of nitrogens with zero attached hydrogens (tertiary/aromatic N) is 1. The number of alkyl halides is 3. The van der Waals surface area contributed by atoms with Crippen LogP contribution in [-0.4, -0.2) is 25.7 Å². The number of halogens is 4. The Morgan fingerprint density at radius 3 is 2.48 bits per heavy atom. The van der Waals surface area contributed by atoms with Crippen LogP contribution in [0, 0.1) is 5.92 Å². The first kappa shape index (κ1) is 16.6. The maximum Gasteiger partial charge on any atom is 0.416 e. The minimum absolute atomic E-state index is 0.187. The highest BCUT2D eigenvalue weighted by Gasteiger charge is 2.34. The van der Waals surface area contributed by atoms with E-state index in [2.05, 4.69) is 40.0 Å². The van der Waals surface area contributed by atoms with Gasteiger partial charge in [0.15, 0.2) is 0 Å². The third-order valence-corrected chi connectivity index (χ3v) is 4.94. The molecule has 118 valence electrons. The van der Waals surface area contributed by atoms with Crippen molar-refractivity contribution in [1.29, 1.82) is 0 Å². The second-order valence-corrected chi connectivity index (χ2v) is 6.59. The molecule has 6 heteroatoms. The lowest BCUT2D eigenvalue weighted by Crippen LogP contribution is -2.52. The molecule has 0 radical (unpaired) electrons. The fraction of sp³-hybridized carbons (Fsp3) is 0.600. The molecular formula is C15H20BrF3N2. The van der Waals surface area contributed by atoms with Crippen molar-refractivity contribution in [2.45, 2.75) is 38.5 Å². The van der Waals surface area contributed by atoms with E-state index in [9.17, 15) is 13.2 Å². The fourth-order valence-corrected chi connectivity index (χ4v) is 3.52. The van der Waals surface area contributed by atoms with Crippen molar-refractivity contribution >= 4 is 21.6 Å². The van der Waals surface area contributed by atoms with Gasteiger partial charge in [-0.15, -0.1) is 0 Å². The SMILES string of the molecule is CNC1CCN(c2cc(Br)cc(C(F)(F)F)c2)C(C)C1C. The molecule has 1 fully saturated rings. The minimum Gasteiger partial charge on any atom is -0.368 e. The molecule has 1 heterocycles. The summed E-state index contributed by atoms with van der Waals surface area (Å²) in [5.41, 5.74) is 0.0214. The summed E-state index contributed by atoms with van der Waals surface area (Å²) >= 11 is 3.19. The van der Waals surface area contributed by atoms with Gasteiger partial charge in [-0.05, 0) is 44.5 Å². The summed E-state index contributed by atoms with van der Waals surface area (Å²) in [5.74, 6) is 0.372. The van der Waals surface area contributed by atoms with Crippen molar-refractivity contribution < 1.29 is 13.2 Å². The van der Waals surface area contributed by atoms with Crippen molar-refractivity contribution in [2.75, 3.05) is 18.5 Å². The molecule has 0 aliphatic carbocycles. The number of hydrogen-bond donors (Lipinski definition) is 1. The van der Waals surface area contributed by atoms with Gasteiger partial charge in [0.25, 0.3) is 0 Å². The molecule has 1 aliphatic rings. The molecular weight excluding hydrogens is 345 g/mol. The first-order valence-corrected chi connectivity index (χ1v) is 7.85. The monoisotopic (exact) mass is 364 g/mol. The fourth-order valence-electron chi connectivity index (χ4n) is 3.04. The van der Waals surface area contributed by atoms with Gasteiger partial charge in [-0.3, -0.25) is 0 Å². The van der Waals surface area contributed by atoms with Crippen LogP contribution in [-0.2, 0) is 6.18 Å². The smallest absolute Gasteiger partial charge is 0.368 e. The Hall–Kier alpha value is -0.750. The molecule has 3 atom stereocenters. The Bertz CT molecular complexity index is 504. The average molecular weight is 365 g/mol. The number of benzene rings is 1. The number of piperidine rings is 1. The molecule has 1 aromatic rings. The predicted molar refractivity (Wildman–Crippen MR) is 82.6 cm³/mol. The zero-order valence-corrected chi connectivity index (χ0v) is 13.9. The molecule has 21 heavy (non-hydrogen) atoms. The zero-order valence-electron chi connectivity index (χ0n) is 12.3. The summed E-state index contributed by atoms with van der Waals surface area (Å²) < 4.78 is 39.3. The van der Waals surface area contributed by atoms with E-state index in [4.69, 9.17) is 0 Å². The molecule has 0 aromatic heterocycles. The standard InChI is InChI=1S/C15H20BrF3N2/c1-9-10(2)21(5-4-14(9)20-3)13-7-11(15(17,18)19)6-12(16)8-13/h6-10,14,20H,4-5H2,1-3H3. The molecule has 0 amide bonds. The van der Waals surface area contributed by atoms with E-state index >= 15 is 0 Å². The number of anilines is 1. The van der Waals surface area contributed by atoms with Crippen LogP contribution in [0.5, 0.6) is 0 Å². The number of nitrogens with one attached hydrogen (secondary N) is 1. The summed E-state index contributed by atoms with van der Waals surface area (Å²) in [7, 11) is 1.93. The zero-order chi connectivity index (χ0) is 15.8. The molecule has 1 N–H and O–H groups in total. The summed E-state index contributed by atoms with van der Waals surface area (Å²) in [5, 5.41) is 3.29. The largest absolute Gasteiger partial charge is 0.416 e. The van der Waals surface area contributed by atoms with Crippen LogP contribution in [0.1, 0.15) is 25.8 Å². The Morgan fingerprint density at radius 1 is 1.24 bits per heavy atom. The van der Waals surface area contributed by atoms with Crippen molar-refractivity contribution in [2.24, 2.45) is 5.92 Å². The summed E-state index contributed by atoms with van der Waals surface area (Å²) in [6, 6.07) is 4.72. The normalized spacial score (nSPS) is 27.0. The maximum atomic E-state index is 13.0. The van der Waals surface area contributed by atoms with Crippen LogP contribution in [0.2, 0.25) is 0 Å². The van der Waals surface area contributed by atoms with Crippen molar-refractivity contribution in [1.82, 2.24) is 5.32 Å². The lowest BCUT2D eigenvalue weighted by Gasteiger charge is -2.44. The van der Waals surface area contributed by atoms with Crippen LogP contribution < -0.4 is 10.2 Å². The molecule has 2 nitrogen and oxygen atoms in total. The highest BCUT2D eigenvalue weighted by molar-refractivity contribution is 9.10. The van der Waals surface area contributed by atoms with Gasteiger partial charge in [0.1, 0.15) is 0 Å². The topological polar surface area (TPSA) is 15.3 Å². The molecule has 3 unspecified atom stereocenters. The van der Waals surface area contributed by atoms with Gasteiger partial charge in [0.2, 0.25) is 0 Å². The lowest BCUT2D eigenvalue weighted by molar-refractivity contribution is -0.137. The maximum absolute atomic E-state index is 13.0. The second-order valence-electron chi connectivity index (χ2n) is 5.67. The van der Waals surface area contributed by atoms with Gasteiger partial charge in [0.05, 0.1) is 5.56 Å². The molecule has 2 rings (SSSR count). The Labute approximate surface area is 131 Å². The minimum atomic E-state index is -4.32. The van der Waals surface area contributed by atoms with Crippen LogP contribution >= 0.6 is 15.9 Å². The quantitative estimate of drug-likeness (QED) is 0.841. The Kier molecular flexibility index (Phi) is 4.88. The van der Waals surface area contributed by atoms with Gasteiger partial charge in [-0.25, -0.2) is 0 Å². The van der Waals surface area contributed by atoms with Gasteiger partial charge < -0.3 is 10.2 Å². The van der Waals surface area contributed by atoms with Crippen LogP contribution in [0.25, 0.3) is 0 Å². The van der Waals surface area contributed by atoms with Crippen LogP contribution in [0.3, 0.4) is 0 Å². The second kappa shape index (κ2) is 6.16. The van der Waals surface area contributed by atoms with Crippen LogP contribution in [0.15, 0.2) is 22.7 Å². The van der Waals surface area contributed by atoms with Crippen molar-refractivity contribution in [3.05, 3.63) is 28.2 Å². The average Bonchev–Trinajstić information content (AvgIpc) is 2.40. The van der Waals surface area contributed by atoms with E-state index in [1.165, 1.54) is 6.07 Å². The number of rotatable bonds is 2. The van der Waals surface area contributed by atoms with Crippen molar-refractivity contribution in [3.63, 3.8) is 0 Å². The van der Waals surface area contributed by atoms with E-state index in [0.717, 1.165) is 19.0 Å². The van der Waals surface area contributed by atoms with Gasteiger partial charge in [0, 0.05) is 28.8 Å². The number of hydrogen-bond acceptors (Lipinski definition) is 2. The predicted octanol–water partition coefficient (Wildman–Crippen LogP) is 4.29. The van der Waals surface area contributed by atoms with Gasteiger partial charge in [-0.2, -0.15) is 13.2 Å².